The van der Waals surface area contributed by atoms with Gasteiger partial charge in [-0.25, -0.2) is 0 Å². The summed E-state index contributed by atoms with van der Waals surface area (Å²) in [6, 6.07) is 15.3. The fraction of sp³-hybridized carbons (Fsp3) is 0.353. The van der Waals surface area contributed by atoms with E-state index in [9.17, 15) is 0 Å². The van der Waals surface area contributed by atoms with E-state index in [1.165, 1.54) is 35.6 Å². The van der Waals surface area contributed by atoms with Crippen LogP contribution >= 0.6 is 0 Å². The highest BCUT2D eigenvalue weighted by Gasteiger charge is 2.06. The Labute approximate surface area is 105 Å². The number of fused-ring (bicyclic) bond motifs is 1. The van der Waals surface area contributed by atoms with E-state index >= 15 is 0 Å². The third-order valence-electron chi connectivity index (χ3n) is 3.33. The van der Waals surface area contributed by atoms with Crippen LogP contribution in [0.2, 0.25) is 0 Å². The smallest absolute Gasteiger partial charge is 0.0152 e. The van der Waals surface area contributed by atoms with E-state index < -0.39 is 0 Å². The molecule has 0 atom stereocenters. The molecule has 2 aromatic carbocycles. The largest absolute Gasteiger partial charge is 0.0654 e. The van der Waals surface area contributed by atoms with Crippen molar-refractivity contribution in [3.05, 3.63) is 53.9 Å². The molecule has 0 heterocycles. The molecule has 0 aliphatic carbocycles. The molecule has 0 fully saturated rings. The lowest BCUT2D eigenvalue weighted by Crippen LogP contribution is -1.98. The fourth-order valence-electron chi connectivity index (χ4n) is 2.34. The van der Waals surface area contributed by atoms with Crippen molar-refractivity contribution in [3.63, 3.8) is 0 Å². The van der Waals surface area contributed by atoms with Crippen molar-refractivity contribution in [1.29, 1.82) is 0 Å². The first-order valence-corrected chi connectivity index (χ1v) is 6.59. The molecule has 17 heavy (non-hydrogen) atoms. The standard InChI is InChI=1S/C17H21/c1-3-4-8-14(2)13-16-11-7-10-15-9-5-6-12-17(15)16/h5-7,9-12H,3-4,8,13H2,1-2H3. The summed E-state index contributed by atoms with van der Waals surface area (Å²) in [6.07, 6.45) is 4.99. The van der Waals surface area contributed by atoms with Gasteiger partial charge in [-0.15, -0.1) is 0 Å². The van der Waals surface area contributed by atoms with Gasteiger partial charge >= 0.3 is 0 Å². The molecule has 1 radical (unpaired) electrons. The van der Waals surface area contributed by atoms with Crippen molar-refractivity contribution < 1.29 is 0 Å². The van der Waals surface area contributed by atoms with Crippen molar-refractivity contribution in [1.82, 2.24) is 0 Å². The predicted octanol–water partition coefficient (Wildman–Crippen LogP) is 5.17. The van der Waals surface area contributed by atoms with E-state index in [0.29, 0.717) is 0 Å². The van der Waals surface area contributed by atoms with E-state index in [4.69, 9.17) is 0 Å². The normalized spacial score (nSPS) is 11.2. The lowest BCUT2D eigenvalue weighted by Gasteiger charge is -2.12. The number of unbranched alkanes of at least 4 members (excludes halogenated alkanes) is 1. The van der Waals surface area contributed by atoms with Crippen LogP contribution in [0.3, 0.4) is 0 Å². The topological polar surface area (TPSA) is 0 Å². The first-order chi connectivity index (χ1) is 8.31. The zero-order chi connectivity index (χ0) is 12.1. The van der Waals surface area contributed by atoms with E-state index in [1.807, 2.05) is 0 Å². The molecule has 0 spiro atoms. The van der Waals surface area contributed by atoms with Gasteiger partial charge in [-0.3, -0.25) is 0 Å². The van der Waals surface area contributed by atoms with E-state index in [-0.39, 0.29) is 0 Å². The van der Waals surface area contributed by atoms with Crippen LogP contribution in [0.5, 0.6) is 0 Å². The van der Waals surface area contributed by atoms with Crippen LogP contribution in [-0.2, 0) is 6.42 Å². The first-order valence-electron chi connectivity index (χ1n) is 6.59. The summed E-state index contributed by atoms with van der Waals surface area (Å²) in [5.74, 6) is 1.60. The van der Waals surface area contributed by atoms with Gasteiger partial charge in [0.05, 0.1) is 0 Å². The van der Waals surface area contributed by atoms with Gasteiger partial charge in [0.15, 0.2) is 0 Å². The van der Waals surface area contributed by atoms with Gasteiger partial charge in [-0.05, 0) is 35.1 Å². The first kappa shape index (κ1) is 12.2. The lowest BCUT2D eigenvalue weighted by atomic mass is 9.93. The Morgan fingerprint density at radius 3 is 2.59 bits per heavy atom. The van der Waals surface area contributed by atoms with Crippen LogP contribution in [0.1, 0.15) is 38.7 Å². The van der Waals surface area contributed by atoms with Crippen LogP contribution < -0.4 is 0 Å². The second-order valence-corrected chi connectivity index (χ2v) is 4.88. The highest BCUT2D eigenvalue weighted by atomic mass is 14.1. The van der Waals surface area contributed by atoms with Gasteiger partial charge in [0, 0.05) is 0 Å². The SMILES string of the molecule is CCCC[C](C)Cc1cccc2ccccc12. The molecular formula is C17H21. The van der Waals surface area contributed by atoms with E-state index in [0.717, 1.165) is 6.42 Å². The molecule has 89 valence electrons. The Balaban J connectivity index is 2.18. The average Bonchev–Trinajstić information content (AvgIpc) is 2.37. The zero-order valence-corrected chi connectivity index (χ0v) is 10.9. The van der Waals surface area contributed by atoms with Gasteiger partial charge in [-0.1, -0.05) is 69.2 Å². The zero-order valence-electron chi connectivity index (χ0n) is 10.9. The maximum Gasteiger partial charge on any atom is -0.0152 e. The maximum absolute atomic E-state index is 2.29. The molecule has 0 unspecified atom stereocenters. The van der Waals surface area contributed by atoms with E-state index in [1.54, 1.807) is 5.92 Å². The Morgan fingerprint density at radius 2 is 1.76 bits per heavy atom. The van der Waals surface area contributed by atoms with Crippen molar-refractivity contribution >= 4 is 10.8 Å². The predicted molar refractivity (Wildman–Crippen MR) is 76.1 cm³/mol. The Morgan fingerprint density at radius 1 is 1.00 bits per heavy atom. The molecule has 0 bridgehead atoms. The summed E-state index contributed by atoms with van der Waals surface area (Å²) >= 11 is 0. The second kappa shape index (κ2) is 5.86. The minimum atomic E-state index is 1.13. The van der Waals surface area contributed by atoms with Crippen molar-refractivity contribution in [2.45, 2.75) is 39.5 Å². The Hall–Kier alpha value is -1.30. The molecule has 0 aliphatic rings. The van der Waals surface area contributed by atoms with Crippen LogP contribution in [0.25, 0.3) is 10.8 Å². The highest BCUT2D eigenvalue weighted by Crippen LogP contribution is 2.23. The van der Waals surface area contributed by atoms with Gasteiger partial charge in [0.25, 0.3) is 0 Å². The lowest BCUT2D eigenvalue weighted by molar-refractivity contribution is 0.702. The third-order valence-corrected chi connectivity index (χ3v) is 3.33. The molecule has 0 amide bonds. The number of hydrogen-bond donors (Lipinski definition) is 0. The van der Waals surface area contributed by atoms with E-state index in [2.05, 4.69) is 56.3 Å². The molecule has 0 nitrogen and oxygen atoms in total. The molecular weight excluding hydrogens is 204 g/mol. The minimum absolute atomic E-state index is 1.13. The monoisotopic (exact) mass is 225 g/mol. The minimum Gasteiger partial charge on any atom is -0.0654 e. The van der Waals surface area contributed by atoms with Crippen molar-refractivity contribution in [2.24, 2.45) is 0 Å². The quantitative estimate of drug-likeness (QED) is 0.658. The molecule has 0 N–H and O–H groups in total. The van der Waals surface area contributed by atoms with Crippen LogP contribution in [0.15, 0.2) is 42.5 Å². The van der Waals surface area contributed by atoms with Crippen LogP contribution in [0.4, 0.5) is 0 Å². The average molecular weight is 225 g/mol. The molecule has 0 aromatic heterocycles. The van der Waals surface area contributed by atoms with Gasteiger partial charge in [0.1, 0.15) is 0 Å². The number of hydrogen-bond acceptors (Lipinski definition) is 0. The summed E-state index contributed by atoms with van der Waals surface area (Å²) in [5.41, 5.74) is 1.47. The van der Waals surface area contributed by atoms with Gasteiger partial charge in [0.2, 0.25) is 0 Å². The molecule has 0 heteroatoms. The molecule has 0 saturated heterocycles. The summed E-state index contributed by atoms with van der Waals surface area (Å²) < 4.78 is 0. The van der Waals surface area contributed by atoms with Crippen LogP contribution in [0, 0.1) is 5.92 Å². The highest BCUT2D eigenvalue weighted by molar-refractivity contribution is 5.85. The number of rotatable bonds is 5. The summed E-state index contributed by atoms with van der Waals surface area (Å²) in [4.78, 5) is 0. The maximum atomic E-state index is 2.29. The summed E-state index contributed by atoms with van der Waals surface area (Å²) in [5, 5.41) is 2.76. The molecule has 0 saturated carbocycles. The molecule has 2 rings (SSSR count). The Bertz CT molecular complexity index is 465. The van der Waals surface area contributed by atoms with Crippen molar-refractivity contribution in [2.75, 3.05) is 0 Å². The second-order valence-electron chi connectivity index (χ2n) is 4.88. The van der Waals surface area contributed by atoms with Crippen LogP contribution in [-0.4, -0.2) is 0 Å². The fourth-order valence-corrected chi connectivity index (χ4v) is 2.34. The summed E-state index contributed by atoms with van der Waals surface area (Å²) in [6.45, 7) is 4.54. The van der Waals surface area contributed by atoms with Gasteiger partial charge in [-0.2, -0.15) is 0 Å². The summed E-state index contributed by atoms with van der Waals surface area (Å²) in [7, 11) is 0. The molecule has 0 aliphatic heterocycles. The van der Waals surface area contributed by atoms with Crippen molar-refractivity contribution in [3.8, 4) is 0 Å². The van der Waals surface area contributed by atoms with Gasteiger partial charge < -0.3 is 0 Å². The third kappa shape index (κ3) is 3.09. The number of benzene rings is 2. The molecule has 2 aromatic rings. The Kier molecular flexibility index (Phi) is 4.19.